The van der Waals surface area contributed by atoms with Crippen LogP contribution < -0.4 is 10.6 Å². The summed E-state index contributed by atoms with van der Waals surface area (Å²) in [5, 5.41) is 15.0. The molecule has 1 aromatic carbocycles. The Morgan fingerprint density at radius 3 is 2.52 bits per heavy atom. The van der Waals surface area contributed by atoms with Crippen molar-refractivity contribution in [1.82, 2.24) is 25.3 Å². The molecule has 11 nitrogen and oxygen atoms in total. The lowest BCUT2D eigenvalue weighted by Crippen LogP contribution is -2.51. The minimum absolute atomic E-state index is 0.0751. The van der Waals surface area contributed by atoms with Crippen molar-refractivity contribution in [3.8, 4) is 22.6 Å². The van der Waals surface area contributed by atoms with Crippen molar-refractivity contribution < 1.29 is 28.6 Å². The molecule has 0 bridgehead atoms. The summed E-state index contributed by atoms with van der Waals surface area (Å²) in [6, 6.07) is 7.79. The Morgan fingerprint density at radius 2 is 1.82 bits per heavy atom. The van der Waals surface area contributed by atoms with Gasteiger partial charge in [-0.25, -0.2) is 19.3 Å². The second kappa shape index (κ2) is 12.1. The number of halogens is 1. The van der Waals surface area contributed by atoms with Gasteiger partial charge in [0.05, 0.1) is 42.1 Å². The normalized spacial score (nSPS) is 21.6. The maximum absolute atomic E-state index is 13.7. The minimum atomic E-state index is -0.935. The minimum Gasteiger partial charge on any atom is -0.481 e. The number of rotatable bonds is 9. The van der Waals surface area contributed by atoms with Crippen LogP contribution >= 0.6 is 0 Å². The molecule has 1 aliphatic carbocycles. The maximum atomic E-state index is 13.7. The van der Waals surface area contributed by atoms with Gasteiger partial charge in [0.1, 0.15) is 5.82 Å². The molecular formula is C28H33FN6O5. The molecule has 2 aromatic heterocycles. The summed E-state index contributed by atoms with van der Waals surface area (Å²) in [4.78, 5) is 40.5. The van der Waals surface area contributed by atoms with E-state index in [1.54, 1.807) is 24.4 Å². The Hall–Kier alpha value is -3.90. The SMILES string of the molecule is CC1(C(=O)NC2CCCCC2)COC(c2nc(-c3ccc(F)cc3)c(-c3ccnc(NCCC(=O)O)n3)[nH]2)OC1. The van der Waals surface area contributed by atoms with Crippen molar-refractivity contribution in [3.63, 3.8) is 0 Å². The Labute approximate surface area is 230 Å². The van der Waals surface area contributed by atoms with Gasteiger partial charge >= 0.3 is 5.97 Å². The summed E-state index contributed by atoms with van der Waals surface area (Å²) in [7, 11) is 0. The van der Waals surface area contributed by atoms with Gasteiger partial charge in [0.2, 0.25) is 18.1 Å². The first-order valence-corrected chi connectivity index (χ1v) is 13.5. The van der Waals surface area contributed by atoms with Crippen LogP contribution in [0.3, 0.4) is 0 Å². The second-order valence-electron chi connectivity index (χ2n) is 10.5. The number of benzene rings is 1. The van der Waals surface area contributed by atoms with Gasteiger partial charge in [-0.1, -0.05) is 19.3 Å². The van der Waals surface area contributed by atoms with Crippen molar-refractivity contribution in [2.45, 2.75) is 57.8 Å². The Bertz CT molecular complexity index is 1330. The van der Waals surface area contributed by atoms with Crippen LogP contribution in [0.1, 0.15) is 57.6 Å². The van der Waals surface area contributed by atoms with E-state index in [9.17, 15) is 14.0 Å². The van der Waals surface area contributed by atoms with Crippen LogP contribution in [0.25, 0.3) is 22.6 Å². The first-order valence-electron chi connectivity index (χ1n) is 13.5. The fourth-order valence-electron chi connectivity index (χ4n) is 4.87. The van der Waals surface area contributed by atoms with Gasteiger partial charge in [-0.15, -0.1) is 0 Å². The van der Waals surface area contributed by atoms with E-state index in [-0.39, 0.29) is 49.9 Å². The maximum Gasteiger partial charge on any atom is 0.305 e. The highest BCUT2D eigenvalue weighted by atomic mass is 19.1. The zero-order chi connectivity index (χ0) is 28.1. The molecule has 3 aromatic rings. The molecule has 212 valence electrons. The molecule has 0 unspecified atom stereocenters. The number of carbonyl (C=O) groups excluding carboxylic acids is 1. The molecule has 1 saturated carbocycles. The summed E-state index contributed by atoms with van der Waals surface area (Å²) in [5.74, 6) is -0.755. The van der Waals surface area contributed by atoms with Crippen LogP contribution in [0.5, 0.6) is 0 Å². The summed E-state index contributed by atoms with van der Waals surface area (Å²) in [6.07, 6.45) is 6.06. The lowest BCUT2D eigenvalue weighted by atomic mass is 9.89. The molecule has 5 rings (SSSR count). The Kier molecular flexibility index (Phi) is 8.36. The molecule has 2 aliphatic rings. The van der Waals surface area contributed by atoms with Crippen LogP contribution in [0, 0.1) is 11.2 Å². The van der Waals surface area contributed by atoms with Crippen LogP contribution in [-0.4, -0.2) is 62.7 Å². The van der Waals surface area contributed by atoms with Crippen LogP contribution in [0.4, 0.5) is 10.3 Å². The summed E-state index contributed by atoms with van der Waals surface area (Å²) >= 11 is 0. The molecule has 1 aliphatic heterocycles. The molecule has 1 amide bonds. The third kappa shape index (κ3) is 6.45. The van der Waals surface area contributed by atoms with Gasteiger partial charge in [0, 0.05) is 24.3 Å². The van der Waals surface area contributed by atoms with E-state index in [0.29, 0.717) is 28.5 Å². The lowest BCUT2D eigenvalue weighted by molar-refractivity contribution is -0.231. The number of hydrogen-bond acceptors (Lipinski definition) is 8. The van der Waals surface area contributed by atoms with E-state index in [1.807, 2.05) is 6.92 Å². The molecule has 0 atom stereocenters. The predicted octanol–water partition coefficient (Wildman–Crippen LogP) is 4.06. The van der Waals surface area contributed by atoms with Gasteiger partial charge in [0.15, 0.2) is 5.82 Å². The van der Waals surface area contributed by atoms with Crippen molar-refractivity contribution in [2.75, 3.05) is 25.1 Å². The lowest BCUT2D eigenvalue weighted by Gasteiger charge is -2.37. The van der Waals surface area contributed by atoms with Gasteiger partial charge in [-0.2, -0.15) is 0 Å². The number of H-pyrrole nitrogens is 1. The number of ether oxygens (including phenoxy) is 2. The molecule has 2 fully saturated rings. The van der Waals surface area contributed by atoms with Crippen molar-refractivity contribution >= 4 is 17.8 Å². The summed E-state index contributed by atoms with van der Waals surface area (Å²) in [5.41, 5.74) is 1.33. The Morgan fingerprint density at radius 1 is 1.10 bits per heavy atom. The first-order chi connectivity index (χ1) is 19.3. The van der Waals surface area contributed by atoms with Gasteiger partial charge < -0.3 is 30.2 Å². The number of carboxylic acid groups (broad SMARTS) is 1. The molecule has 4 N–H and O–H groups in total. The number of carbonyl (C=O) groups is 2. The first kappa shape index (κ1) is 27.7. The van der Waals surface area contributed by atoms with E-state index < -0.39 is 17.7 Å². The van der Waals surface area contributed by atoms with Crippen molar-refractivity contribution in [1.29, 1.82) is 0 Å². The number of aromatic nitrogens is 4. The number of nitrogens with zero attached hydrogens (tertiary/aromatic N) is 3. The summed E-state index contributed by atoms with van der Waals surface area (Å²) < 4.78 is 25.7. The molecule has 1 saturated heterocycles. The smallest absolute Gasteiger partial charge is 0.305 e. The quantitative estimate of drug-likeness (QED) is 0.308. The highest BCUT2D eigenvalue weighted by molar-refractivity contribution is 5.83. The highest BCUT2D eigenvalue weighted by Gasteiger charge is 2.41. The predicted molar refractivity (Wildman–Crippen MR) is 144 cm³/mol. The second-order valence-corrected chi connectivity index (χ2v) is 10.5. The van der Waals surface area contributed by atoms with E-state index in [0.717, 1.165) is 25.7 Å². The number of imidazole rings is 1. The molecule has 0 spiro atoms. The van der Waals surface area contributed by atoms with E-state index >= 15 is 0 Å². The van der Waals surface area contributed by atoms with Crippen molar-refractivity contribution in [3.05, 3.63) is 48.2 Å². The number of hydrogen-bond donors (Lipinski definition) is 4. The topological polar surface area (TPSA) is 151 Å². The van der Waals surface area contributed by atoms with Gasteiger partial charge in [-0.05, 0) is 50.1 Å². The molecule has 12 heteroatoms. The van der Waals surface area contributed by atoms with E-state index in [4.69, 9.17) is 19.6 Å². The van der Waals surface area contributed by atoms with Crippen LogP contribution in [0.2, 0.25) is 0 Å². The zero-order valence-corrected chi connectivity index (χ0v) is 22.3. The van der Waals surface area contributed by atoms with Crippen molar-refractivity contribution in [2.24, 2.45) is 5.41 Å². The molecule has 40 heavy (non-hydrogen) atoms. The monoisotopic (exact) mass is 552 g/mol. The van der Waals surface area contributed by atoms with Gasteiger partial charge in [0.25, 0.3) is 0 Å². The fraction of sp³-hybridized carbons (Fsp3) is 0.464. The van der Waals surface area contributed by atoms with E-state index in [2.05, 4.69) is 25.6 Å². The molecule has 3 heterocycles. The average molecular weight is 553 g/mol. The zero-order valence-electron chi connectivity index (χ0n) is 22.3. The van der Waals surface area contributed by atoms with Crippen LogP contribution in [0.15, 0.2) is 36.5 Å². The van der Waals surface area contributed by atoms with Crippen LogP contribution in [-0.2, 0) is 19.1 Å². The number of amides is 1. The van der Waals surface area contributed by atoms with E-state index in [1.165, 1.54) is 18.6 Å². The molecule has 0 radical (unpaired) electrons. The number of aliphatic carboxylic acids is 1. The molecular weight excluding hydrogens is 519 g/mol. The average Bonchev–Trinajstić information content (AvgIpc) is 3.40. The third-order valence-electron chi connectivity index (χ3n) is 7.19. The standard InChI is InChI=1S/C28H33FN6O5/c1-28(26(38)32-19-5-3-2-4-6-19)15-39-25(40-16-28)24-34-22(17-7-9-18(29)10-8-17)23(35-24)20-11-13-30-27(33-20)31-14-12-21(36)37/h7-11,13,19,25H,2-6,12,14-16H2,1H3,(H,32,38)(H,34,35)(H,36,37)(H,30,31,33). The Balaban J connectivity index is 1.35. The number of aromatic amines is 1. The largest absolute Gasteiger partial charge is 0.481 e. The summed E-state index contributed by atoms with van der Waals surface area (Å²) in [6.45, 7) is 2.31. The number of anilines is 1. The van der Waals surface area contributed by atoms with Gasteiger partial charge in [-0.3, -0.25) is 9.59 Å². The third-order valence-corrected chi connectivity index (χ3v) is 7.19. The number of nitrogens with one attached hydrogen (secondary N) is 3. The fourth-order valence-corrected chi connectivity index (χ4v) is 4.87. The highest BCUT2D eigenvalue weighted by Crippen LogP contribution is 2.36. The number of carboxylic acids is 1.